The fourth-order valence-corrected chi connectivity index (χ4v) is 4.07. The Kier molecular flexibility index (Phi) is 6.73. The van der Waals surface area contributed by atoms with E-state index in [1.165, 1.54) is 0 Å². The molecule has 2 unspecified atom stereocenters. The fraction of sp³-hybridized carbons (Fsp3) is 0.409. The molecular formula is C22H25ClO6. The third-order valence-electron chi connectivity index (χ3n) is 5.65. The van der Waals surface area contributed by atoms with Crippen LogP contribution in [0.2, 0.25) is 5.02 Å². The number of halogens is 1. The number of rotatable bonds is 8. The van der Waals surface area contributed by atoms with Gasteiger partial charge in [-0.2, -0.15) is 0 Å². The number of hydrogen-bond donors (Lipinski definition) is 5. The van der Waals surface area contributed by atoms with Crippen LogP contribution in [0.3, 0.4) is 0 Å². The highest BCUT2D eigenvalue weighted by Gasteiger charge is 2.47. The number of Topliss-reactive ketones (excluding diaryl/α,β-unsaturated/α-hetero) is 1. The molecule has 6 nitrogen and oxygen atoms in total. The SMILES string of the molecule is CCc1ccc(C2c3cc(Cl)ccc3C2C(=O)[C@H](O)[C@@H](O)[C@H](O)[C@H](O)CO)cc1. The maximum Gasteiger partial charge on any atom is 0.172 e. The number of carbonyl (C=O) groups excluding carboxylic acids is 1. The van der Waals surface area contributed by atoms with E-state index >= 15 is 0 Å². The lowest BCUT2D eigenvalue weighted by Gasteiger charge is -2.41. The van der Waals surface area contributed by atoms with Crippen LogP contribution < -0.4 is 0 Å². The molecule has 0 bridgehead atoms. The van der Waals surface area contributed by atoms with Gasteiger partial charge in [-0.15, -0.1) is 0 Å². The summed E-state index contributed by atoms with van der Waals surface area (Å²) in [6.07, 6.45) is -6.49. The predicted octanol–water partition coefficient (Wildman–Crippen LogP) is 1.14. The maximum atomic E-state index is 13.0. The molecule has 6 atom stereocenters. The molecule has 0 radical (unpaired) electrons. The van der Waals surface area contributed by atoms with Gasteiger partial charge in [-0.3, -0.25) is 4.79 Å². The number of aryl methyl sites for hydroxylation is 1. The molecule has 0 heterocycles. The molecule has 7 heteroatoms. The topological polar surface area (TPSA) is 118 Å². The highest BCUT2D eigenvalue weighted by Crippen LogP contribution is 2.52. The van der Waals surface area contributed by atoms with Crippen LogP contribution in [0.25, 0.3) is 0 Å². The summed E-state index contributed by atoms with van der Waals surface area (Å²) >= 11 is 6.13. The van der Waals surface area contributed by atoms with Crippen LogP contribution in [-0.4, -0.2) is 62.3 Å². The van der Waals surface area contributed by atoms with Crippen LogP contribution in [0.4, 0.5) is 0 Å². The van der Waals surface area contributed by atoms with Gasteiger partial charge in [-0.25, -0.2) is 0 Å². The molecule has 1 aliphatic carbocycles. The first-order valence-corrected chi connectivity index (χ1v) is 9.93. The van der Waals surface area contributed by atoms with Gasteiger partial charge in [0.15, 0.2) is 5.78 Å². The highest BCUT2D eigenvalue weighted by molar-refractivity contribution is 6.30. The van der Waals surface area contributed by atoms with E-state index in [1.807, 2.05) is 31.2 Å². The highest BCUT2D eigenvalue weighted by atomic mass is 35.5. The molecule has 2 aromatic carbocycles. The Hall–Kier alpha value is -1.80. The van der Waals surface area contributed by atoms with E-state index in [2.05, 4.69) is 0 Å². The Bertz CT molecular complexity index is 868. The lowest BCUT2D eigenvalue weighted by Crippen LogP contribution is -2.51. The van der Waals surface area contributed by atoms with Gasteiger partial charge in [0.25, 0.3) is 0 Å². The summed E-state index contributed by atoms with van der Waals surface area (Å²) in [5, 5.41) is 49.3. The van der Waals surface area contributed by atoms with Crippen LogP contribution in [0.15, 0.2) is 42.5 Å². The van der Waals surface area contributed by atoms with Crippen molar-refractivity contribution < 1.29 is 30.3 Å². The minimum absolute atomic E-state index is 0.344. The van der Waals surface area contributed by atoms with Crippen molar-refractivity contribution in [2.75, 3.05) is 6.61 Å². The van der Waals surface area contributed by atoms with Crippen molar-refractivity contribution in [2.24, 2.45) is 0 Å². The molecule has 29 heavy (non-hydrogen) atoms. The maximum absolute atomic E-state index is 13.0. The van der Waals surface area contributed by atoms with Crippen LogP contribution in [0.1, 0.15) is 41.0 Å². The average molecular weight is 421 g/mol. The van der Waals surface area contributed by atoms with Crippen LogP contribution in [0, 0.1) is 0 Å². The molecule has 5 N–H and O–H groups in total. The van der Waals surface area contributed by atoms with Crippen molar-refractivity contribution in [3.05, 3.63) is 69.7 Å². The minimum atomic E-state index is -1.93. The largest absolute Gasteiger partial charge is 0.394 e. The second-order valence-corrected chi connectivity index (χ2v) is 7.84. The van der Waals surface area contributed by atoms with E-state index in [4.69, 9.17) is 16.7 Å². The number of benzene rings is 2. The smallest absolute Gasteiger partial charge is 0.172 e. The number of carbonyl (C=O) groups is 1. The predicted molar refractivity (Wildman–Crippen MR) is 108 cm³/mol. The number of fused-ring (bicyclic) bond motifs is 1. The summed E-state index contributed by atoms with van der Waals surface area (Å²) in [5.74, 6) is -1.73. The Balaban J connectivity index is 1.92. The van der Waals surface area contributed by atoms with E-state index < -0.39 is 42.7 Å². The van der Waals surface area contributed by atoms with E-state index in [-0.39, 0.29) is 5.92 Å². The average Bonchev–Trinajstić information content (AvgIpc) is 2.73. The van der Waals surface area contributed by atoms with E-state index in [9.17, 15) is 25.2 Å². The van der Waals surface area contributed by atoms with Gasteiger partial charge in [0.1, 0.15) is 24.4 Å². The van der Waals surface area contributed by atoms with Crippen molar-refractivity contribution in [3.8, 4) is 0 Å². The van der Waals surface area contributed by atoms with Gasteiger partial charge in [0.05, 0.1) is 12.5 Å². The molecule has 0 saturated heterocycles. The second-order valence-electron chi connectivity index (χ2n) is 7.40. The molecule has 0 fully saturated rings. The molecule has 2 aromatic rings. The minimum Gasteiger partial charge on any atom is -0.394 e. The molecule has 0 spiro atoms. The number of ketones is 1. The monoisotopic (exact) mass is 420 g/mol. The van der Waals surface area contributed by atoms with Crippen molar-refractivity contribution >= 4 is 17.4 Å². The zero-order chi connectivity index (χ0) is 21.3. The fourth-order valence-electron chi connectivity index (χ4n) is 3.89. The summed E-state index contributed by atoms with van der Waals surface area (Å²) in [4.78, 5) is 13.0. The number of aliphatic hydroxyl groups excluding tert-OH is 5. The summed E-state index contributed by atoms with van der Waals surface area (Å²) in [6, 6.07) is 13.0. The van der Waals surface area contributed by atoms with Crippen LogP contribution in [-0.2, 0) is 11.2 Å². The van der Waals surface area contributed by atoms with Crippen LogP contribution in [0.5, 0.6) is 0 Å². The van der Waals surface area contributed by atoms with Gasteiger partial charge in [0, 0.05) is 10.9 Å². The Labute approximate surface area is 174 Å². The normalized spacial score (nSPS) is 22.2. The van der Waals surface area contributed by atoms with Crippen molar-refractivity contribution in [1.82, 2.24) is 0 Å². The number of hydrogen-bond acceptors (Lipinski definition) is 6. The molecule has 0 saturated carbocycles. The molecule has 1 aliphatic rings. The number of aliphatic hydroxyl groups is 5. The van der Waals surface area contributed by atoms with E-state index in [1.54, 1.807) is 18.2 Å². The van der Waals surface area contributed by atoms with Crippen LogP contribution >= 0.6 is 11.6 Å². The van der Waals surface area contributed by atoms with E-state index in [0.717, 1.165) is 23.1 Å². The van der Waals surface area contributed by atoms with Gasteiger partial charge >= 0.3 is 0 Å². The lowest BCUT2D eigenvalue weighted by molar-refractivity contribution is -0.149. The Morgan fingerprint density at radius 2 is 1.66 bits per heavy atom. The summed E-state index contributed by atoms with van der Waals surface area (Å²) in [7, 11) is 0. The molecular weight excluding hydrogens is 396 g/mol. The first kappa shape index (κ1) is 21.9. The zero-order valence-corrected chi connectivity index (χ0v) is 16.7. The third-order valence-corrected chi connectivity index (χ3v) is 5.89. The molecule has 0 amide bonds. The molecule has 0 aromatic heterocycles. The Morgan fingerprint density at radius 3 is 2.24 bits per heavy atom. The first-order chi connectivity index (χ1) is 13.8. The summed E-state index contributed by atoms with van der Waals surface area (Å²) in [5.41, 5.74) is 3.61. The second kappa shape index (κ2) is 8.92. The standard InChI is InChI=1S/C22H25ClO6/c1-2-11-3-5-12(6-4-11)17-15-9-13(23)7-8-14(15)18(17)20(27)22(29)21(28)19(26)16(25)10-24/h3-9,16-19,21-22,24-26,28-29H,2,10H2,1H3/t16-,17?,18?,19-,21+,22+/m1/s1. The van der Waals surface area contributed by atoms with Crippen molar-refractivity contribution in [2.45, 2.75) is 49.6 Å². The molecule has 0 aliphatic heterocycles. The molecule has 156 valence electrons. The van der Waals surface area contributed by atoms with E-state index in [0.29, 0.717) is 10.6 Å². The Morgan fingerprint density at radius 1 is 1.00 bits per heavy atom. The first-order valence-electron chi connectivity index (χ1n) is 9.55. The van der Waals surface area contributed by atoms with Gasteiger partial charge in [-0.1, -0.05) is 48.9 Å². The van der Waals surface area contributed by atoms with Gasteiger partial charge < -0.3 is 25.5 Å². The van der Waals surface area contributed by atoms with Crippen molar-refractivity contribution in [1.29, 1.82) is 0 Å². The van der Waals surface area contributed by atoms with Gasteiger partial charge in [-0.05, 0) is 40.8 Å². The quantitative estimate of drug-likeness (QED) is 0.437. The van der Waals surface area contributed by atoms with Gasteiger partial charge in [0.2, 0.25) is 0 Å². The molecule has 3 rings (SSSR count). The summed E-state index contributed by atoms with van der Waals surface area (Å²) in [6.45, 7) is 1.24. The lowest BCUT2D eigenvalue weighted by atomic mass is 9.62. The third kappa shape index (κ3) is 4.10. The summed E-state index contributed by atoms with van der Waals surface area (Å²) < 4.78 is 0. The van der Waals surface area contributed by atoms with Crippen molar-refractivity contribution in [3.63, 3.8) is 0 Å². The zero-order valence-electron chi connectivity index (χ0n) is 15.9.